The number of hydrogen-bond donors (Lipinski definition) is 1. The second-order valence-electron chi connectivity index (χ2n) is 4.97. The van der Waals surface area contributed by atoms with Crippen molar-refractivity contribution in [2.45, 2.75) is 32.7 Å². The summed E-state index contributed by atoms with van der Waals surface area (Å²) < 4.78 is 0. The van der Waals surface area contributed by atoms with E-state index in [1.54, 1.807) is 6.07 Å². The SMILES string of the molecule is CC(C)c1nc2c(cc1C(=O)O)CN(C)CC2. The first-order valence-corrected chi connectivity index (χ1v) is 5.93. The van der Waals surface area contributed by atoms with E-state index < -0.39 is 5.97 Å². The second-order valence-corrected chi connectivity index (χ2v) is 4.97. The van der Waals surface area contributed by atoms with E-state index in [-0.39, 0.29) is 5.92 Å². The molecule has 0 aromatic carbocycles. The number of hydrogen-bond acceptors (Lipinski definition) is 3. The highest BCUT2D eigenvalue weighted by atomic mass is 16.4. The van der Waals surface area contributed by atoms with E-state index in [2.05, 4.69) is 9.88 Å². The van der Waals surface area contributed by atoms with Gasteiger partial charge in [0.15, 0.2) is 0 Å². The highest BCUT2D eigenvalue weighted by Crippen LogP contribution is 2.24. The Labute approximate surface area is 101 Å². The largest absolute Gasteiger partial charge is 0.478 e. The van der Waals surface area contributed by atoms with Crippen LogP contribution in [0.25, 0.3) is 0 Å². The van der Waals surface area contributed by atoms with Gasteiger partial charge in [-0.25, -0.2) is 4.79 Å². The van der Waals surface area contributed by atoms with Gasteiger partial charge in [-0.15, -0.1) is 0 Å². The van der Waals surface area contributed by atoms with Gasteiger partial charge in [0.2, 0.25) is 0 Å². The topological polar surface area (TPSA) is 53.4 Å². The standard InChI is InChI=1S/C13H18N2O2/c1-8(2)12-10(13(16)17)6-9-7-15(3)5-4-11(9)14-12/h6,8H,4-5,7H2,1-3H3,(H,16,17). The summed E-state index contributed by atoms with van der Waals surface area (Å²) in [7, 11) is 2.04. The number of carboxylic acid groups (broad SMARTS) is 1. The summed E-state index contributed by atoms with van der Waals surface area (Å²) in [5, 5.41) is 9.23. The average molecular weight is 234 g/mol. The molecule has 92 valence electrons. The molecule has 0 aliphatic carbocycles. The first-order valence-electron chi connectivity index (χ1n) is 5.93. The van der Waals surface area contributed by atoms with Gasteiger partial charge in [-0.05, 0) is 24.6 Å². The molecule has 1 aromatic heterocycles. The molecule has 0 fully saturated rings. The third-order valence-corrected chi connectivity index (χ3v) is 3.17. The molecule has 0 atom stereocenters. The number of carboxylic acids is 1. The van der Waals surface area contributed by atoms with Crippen molar-refractivity contribution in [3.05, 3.63) is 28.6 Å². The van der Waals surface area contributed by atoms with Crippen LogP contribution in [0.3, 0.4) is 0 Å². The van der Waals surface area contributed by atoms with Gasteiger partial charge in [0, 0.05) is 25.2 Å². The van der Waals surface area contributed by atoms with Crippen LogP contribution < -0.4 is 0 Å². The molecule has 1 aromatic rings. The van der Waals surface area contributed by atoms with Crippen LogP contribution in [0, 0.1) is 0 Å². The Kier molecular flexibility index (Phi) is 3.15. The van der Waals surface area contributed by atoms with Crippen molar-refractivity contribution >= 4 is 5.97 Å². The Bertz CT molecular complexity index is 455. The molecular formula is C13H18N2O2. The van der Waals surface area contributed by atoms with Crippen LogP contribution in [0.5, 0.6) is 0 Å². The maximum atomic E-state index is 11.2. The highest BCUT2D eigenvalue weighted by Gasteiger charge is 2.21. The predicted octanol–water partition coefficient (Wildman–Crippen LogP) is 1.89. The maximum absolute atomic E-state index is 11.2. The minimum atomic E-state index is -0.878. The summed E-state index contributed by atoms with van der Waals surface area (Å²) in [5.41, 5.74) is 3.19. The minimum absolute atomic E-state index is 0.144. The number of rotatable bonds is 2. The van der Waals surface area contributed by atoms with Crippen LogP contribution in [-0.2, 0) is 13.0 Å². The molecule has 0 amide bonds. The molecule has 1 aliphatic rings. The summed E-state index contributed by atoms with van der Waals surface area (Å²) in [4.78, 5) is 18.0. The van der Waals surface area contributed by atoms with Gasteiger partial charge in [-0.1, -0.05) is 13.8 Å². The van der Waals surface area contributed by atoms with Crippen molar-refractivity contribution in [1.82, 2.24) is 9.88 Å². The number of aromatic carboxylic acids is 1. The molecule has 0 saturated carbocycles. The fraction of sp³-hybridized carbons (Fsp3) is 0.538. The summed E-state index contributed by atoms with van der Waals surface area (Å²) in [6.45, 7) is 5.75. The van der Waals surface area contributed by atoms with Gasteiger partial charge in [0.05, 0.1) is 11.3 Å². The lowest BCUT2D eigenvalue weighted by Gasteiger charge is -2.25. The van der Waals surface area contributed by atoms with Crippen LogP contribution in [0.4, 0.5) is 0 Å². The van der Waals surface area contributed by atoms with Crippen LogP contribution in [0.2, 0.25) is 0 Å². The molecule has 17 heavy (non-hydrogen) atoms. The van der Waals surface area contributed by atoms with Gasteiger partial charge in [-0.3, -0.25) is 4.98 Å². The Balaban J connectivity index is 2.52. The summed E-state index contributed by atoms with van der Waals surface area (Å²) >= 11 is 0. The van der Waals surface area contributed by atoms with Gasteiger partial charge in [0.25, 0.3) is 0 Å². The smallest absolute Gasteiger partial charge is 0.337 e. The molecule has 4 nitrogen and oxygen atoms in total. The van der Waals surface area contributed by atoms with E-state index in [1.165, 1.54) is 0 Å². The Hall–Kier alpha value is -1.42. The average Bonchev–Trinajstić information content (AvgIpc) is 2.26. The van der Waals surface area contributed by atoms with Crippen LogP contribution in [0.1, 0.15) is 47.1 Å². The summed E-state index contributed by atoms with van der Waals surface area (Å²) in [6.07, 6.45) is 0.908. The lowest BCUT2D eigenvalue weighted by molar-refractivity contribution is 0.0694. The van der Waals surface area contributed by atoms with Gasteiger partial charge >= 0.3 is 5.97 Å². The van der Waals surface area contributed by atoms with E-state index in [0.29, 0.717) is 11.3 Å². The number of pyridine rings is 1. The zero-order chi connectivity index (χ0) is 12.6. The van der Waals surface area contributed by atoms with Crippen molar-refractivity contribution in [2.75, 3.05) is 13.6 Å². The van der Waals surface area contributed by atoms with Crippen LogP contribution in [-0.4, -0.2) is 34.6 Å². The third-order valence-electron chi connectivity index (χ3n) is 3.17. The quantitative estimate of drug-likeness (QED) is 0.849. The zero-order valence-electron chi connectivity index (χ0n) is 10.5. The van der Waals surface area contributed by atoms with Crippen LogP contribution >= 0.6 is 0 Å². The molecule has 0 bridgehead atoms. The van der Waals surface area contributed by atoms with Crippen molar-refractivity contribution in [2.24, 2.45) is 0 Å². The zero-order valence-corrected chi connectivity index (χ0v) is 10.5. The molecule has 0 saturated heterocycles. The Morgan fingerprint density at radius 3 is 2.82 bits per heavy atom. The molecular weight excluding hydrogens is 216 g/mol. The lowest BCUT2D eigenvalue weighted by atomic mass is 9.97. The predicted molar refractivity (Wildman–Crippen MR) is 65.3 cm³/mol. The Morgan fingerprint density at radius 1 is 1.53 bits per heavy atom. The number of likely N-dealkylation sites (N-methyl/N-ethyl adjacent to an activating group) is 1. The molecule has 0 radical (unpaired) electrons. The van der Waals surface area contributed by atoms with E-state index in [1.807, 2.05) is 20.9 Å². The van der Waals surface area contributed by atoms with Gasteiger partial charge in [-0.2, -0.15) is 0 Å². The first kappa shape index (κ1) is 12.0. The van der Waals surface area contributed by atoms with E-state index in [4.69, 9.17) is 0 Å². The van der Waals surface area contributed by atoms with Crippen molar-refractivity contribution in [3.8, 4) is 0 Å². The van der Waals surface area contributed by atoms with Crippen molar-refractivity contribution in [1.29, 1.82) is 0 Å². The van der Waals surface area contributed by atoms with Gasteiger partial charge in [0.1, 0.15) is 0 Å². The maximum Gasteiger partial charge on any atom is 0.337 e. The first-order chi connectivity index (χ1) is 7.99. The van der Waals surface area contributed by atoms with Crippen molar-refractivity contribution in [3.63, 3.8) is 0 Å². The molecule has 2 heterocycles. The third kappa shape index (κ3) is 2.31. The summed E-state index contributed by atoms with van der Waals surface area (Å²) in [6, 6.07) is 1.80. The fourth-order valence-electron chi connectivity index (χ4n) is 2.24. The molecule has 4 heteroatoms. The van der Waals surface area contributed by atoms with Crippen LogP contribution in [0.15, 0.2) is 6.07 Å². The second kappa shape index (κ2) is 4.45. The monoisotopic (exact) mass is 234 g/mol. The molecule has 1 aliphatic heterocycles. The highest BCUT2D eigenvalue weighted by molar-refractivity contribution is 5.89. The number of fused-ring (bicyclic) bond motifs is 1. The lowest BCUT2D eigenvalue weighted by Crippen LogP contribution is -2.28. The molecule has 2 rings (SSSR count). The number of carbonyl (C=O) groups is 1. The summed E-state index contributed by atoms with van der Waals surface area (Å²) in [5.74, 6) is -0.733. The Morgan fingerprint density at radius 2 is 2.24 bits per heavy atom. The molecule has 0 spiro atoms. The number of aromatic nitrogens is 1. The van der Waals surface area contributed by atoms with Gasteiger partial charge < -0.3 is 10.0 Å². The van der Waals surface area contributed by atoms with E-state index in [0.717, 1.165) is 30.8 Å². The minimum Gasteiger partial charge on any atom is -0.478 e. The van der Waals surface area contributed by atoms with E-state index >= 15 is 0 Å². The molecule has 1 N–H and O–H groups in total. The normalized spacial score (nSPS) is 16.0. The number of nitrogens with zero attached hydrogens (tertiary/aromatic N) is 2. The fourth-order valence-corrected chi connectivity index (χ4v) is 2.24. The van der Waals surface area contributed by atoms with E-state index in [9.17, 15) is 9.90 Å². The van der Waals surface area contributed by atoms with Crippen molar-refractivity contribution < 1.29 is 9.90 Å². The molecule has 0 unspecified atom stereocenters.